The van der Waals surface area contributed by atoms with Crippen molar-refractivity contribution >= 4 is 11.6 Å². The van der Waals surface area contributed by atoms with Gasteiger partial charge in [0.05, 0.1) is 18.4 Å². The molecule has 0 atom stereocenters. The monoisotopic (exact) mass is 284 g/mol. The average Bonchev–Trinajstić information content (AvgIpc) is 2.37. The maximum atomic E-state index is 13.1. The van der Waals surface area contributed by atoms with Gasteiger partial charge in [0.2, 0.25) is 0 Å². The molecule has 0 bridgehead atoms. The highest BCUT2D eigenvalue weighted by Gasteiger charge is 2.14. The van der Waals surface area contributed by atoms with Gasteiger partial charge in [0.25, 0.3) is 5.56 Å². The van der Waals surface area contributed by atoms with Gasteiger partial charge >= 0.3 is 5.69 Å². The van der Waals surface area contributed by atoms with Crippen LogP contribution in [0.1, 0.15) is 5.56 Å². The van der Waals surface area contributed by atoms with E-state index in [2.05, 4.69) is 4.98 Å². The molecule has 1 heterocycles. The zero-order chi connectivity index (χ0) is 14.2. The van der Waals surface area contributed by atoms with E-state index < -0.39 is 17.1 Å². The molecular formula is C12H10ClFN2O3. The van der Waals surface area contributed by atoms with Crippen molar-refractivity contribution in [2.24, 2.45) is 0 Å². The summed E-state index contributed by atoms with van der Waals surface area (Å²) in [5.74, 6) is -0.454. The molecule has 0 radical (unpaired) electrons. The van der Waals surface area contributed by atoms with E-state index in [0.29, 0.717) is 0 Å². The van der Waals surface area contributed by atoms with Crippen LogP contribution in [0.25, 0.3) is 5.69 Å². The van der Waals surface area contributed by atoms with E-state index in [-0.39, 0.29) is 22.2 Å². The number of aromatic nitrogens is 2. The molecule has 5 nitrogen and oxygen atoms in total. The number of H-pyrrole nitrogens is 1. The van der Waals surface area contributed by atoms with Gasteiger partial charge in [-0.2, -0.15) is 0 Å². The molecule has 0 aliphatic heterocycles. The first kappa shape index (κ1) is 13.4. The first-order valence-corrected chi connectivity index (χ1v) is 5.69. The topological polar surface area (TPSA) is 64.1 Å². The summed E-state index contributed by atoms with van der Waals surface area (Å²) in [4.78, 5) is 26.2. The third kappa shape index (κ3) is 2.26. The van der Waals surface area contributed by atoms with Crippen molar-refractivity contribution in [3.05, 3.63) is 55.6 Å². The van der Waals surface area contributed by atoms with Gasteiger partial charge in [-0.15, -0.1) is 0 Å². The van der Waals surface area contributed by atoms with Gasteiger partial charge in [0, 0.05) is 6.07 Å². The molecule has 0 spiro atoms. The van der Waals surface area contributed by atoms with Gasteiger partial charge in [-0.05, 0) is 19.1 Å². The molecular weight excluding hydrogens is 275 g/mol. The summed E-state index contributed by atoms with van der Waals surface area (Å²) in [7, 11) is 1.32. The number of halogens is 2. The van der Waals surface area contributed by atoms with Crippen LogP contribution in [0.15, 0.2) is 27.8 Å². The third-order valence-corrected chi connectivity index (χ3v) is 3.03. The predicted octanol–water partition coefficient (Wildman–Crippen LogP) is 1.64. The van der Waals surface area contributed by atoms with Crippen molar-refractivity contribution in [1.82, 2.24) is 9.55 Å². The molecule has 1 aromatic heterocycles. The lowest BCUT2D eigenvalue weighted by Gasteiger charge is -2.11. The number of aromatic amines is 1. The van der Waals surface area contributed by atoms with Crippen molar-refractivity contribution < 1.29 is 9.13 Å². The SMILES string of the molecule is COc1cc(F)ccc1-n1c(=O)[nH]c(Cl)c(C)c1=O. The van der Waals surface area contributed by atoms with Crippen LogP contribution >= 0.6 is 11.6 Å². The van der Waals surface area contributed by atoms with E-state index in [1.165, 1.54) is 20.1 Å². The second-order valence-corrected chi connectivity index (χ2v) is 4.20. The van der Waals surface area contributed by atoms with Crippen molar-refractivity contribution in [3.63, 3.8) is 0 Å². The molecule has 7 heteroatoms. The molecule has 0 amide bonds. The predicted molar refractivity (Wildman–Crippen MR) is 68.9 cm³/mol. The molecule has 0 saturated heterocycles. The average molecular weight is 285 g/mol. The smallest absolute Gasteiger partial charge is 0.334 e. The minimum atomic E-state index is -0.717. The first-order valence-electron chi connectivity index (χ1n) is 5.31. The normalized spacial score (nSPS) is 10.5. The Morgan fingerprint density at radius 1 is 1.37 bits per heavy atom. The number of nitrogens with one attached hydrogen (secondary N) is 1. The molecule has 2 rings (SSSR count). The van der Waals surface area contributed by atoms with Crippen LogP contribution in [0, 0.1) is 12.7 Å². The van der Waals surface area contributed by atoms with Crippen LogP contribution in [0.3, 0.4) is 0 Å². The first-order chi connectivity index (χ1) is 8.95. The Hall–Kier alpha value is -2.08. The largest absolute Gasteiger partial charge is 0.494 e. The zero-order valence-corrected chi connectivity index (χ0v) is 10.9. The highest BCUT2D eigenvalue weighted by Crippen LogP contribution is 2.21. The lowest BCUT2D eigenvalue weighted by molar-refractivity contribution is 0.408. The summed E-state index contributed by atoms with van der Waals surface area (Å²) in [6.07, 6.45) is 0. The summed E-state index contributed by atoms with van der Waals surface area (Å²) in [6, 6.07) is 3.51. The van der Waals surface area contributed by atoms with Gasteiger partial charge < -0.3 is 4.74 Å². The Bertz CT molecular complexity index is 752. The molecule has 0 saturated carbocycles. The van der Waals surface area contributed by atoms with Crippen LogP contribution < -0.4 is 16.0 Å². The minimum Gasteiger partial charge on any atom is -0.494 e. The molecule has 100 valence electrons. The number of nitrogens with zero attached hydrogens (tertiary/aromatic N) is 1. The number of rotatable bonds is 2. The molecule has 0 aliphatic carbocycles. The minimum absolute atomic E-state index is 0.0210. The molecule has 19 heavy (non-hydrogen) atoms. The third-order valence-electron chi connectivity index (χ3n) is 2.66. The van der Waals surface area contributed by atoms with E-state index in [4.69, 9.17) is 16.3 Å². The van der Waals surface area contributed by atoms with Crippen LogP contribution in [0.2, 0.25) is 5.15 Å². The molecule has 0 fully saturated rings. The lowest BCUT2D eigenvalue weighted by atomic mass is 10.2. The molecule has 1 aromatic carbocycles. The van der Waals surface area contributed by atoms with Crippen LogP contribution in [-0.4, -0.2) is 16.7 Å². The zero-order valence-electron chi connectivity index (χ0n) is 10.2. The highest BCUT2D eigenvalue weighted by atomic mass is 35.5. The van der Waals surface area contributed by atoms with Crippen LogP contribution in [-0.2, 0) is 0 Å². The van der Waals surface area contributed by atoms with E-state index in [1.54, 1.807) is 0 Å². The Morgan fingerprint density at radius 2 is 2.05 bits per heavy atom. The van der Waals surface area contributed by atoms with Gasteiger partial charge in [0.1, 0.15) is 16.7 Å². The van der Waals surface area contributed by atoms with E-state index in [9.17, 15) is 14.0 Å². The van der Waals surface area contributed by atoms with E-state index in [0.717, 1.165) is 16.7 Å². The van der Waals surface area contributed by atoms with Crippen LogP contribution in [0.5, 0.6) is 5.75 Å². The number of methoxy groups -OCH3 is 1. The quantitative estimate of drug-likeness (QED) is 0.853. The second-order valence-electron chi connectivity index (χ2n) is 3.83. The molecule has 1 N–H and O–H groups in total. The Balaban J connectivity index is 2.84. The van der Waals surface area contributed by atoms with Crippen molar-refractivity contribution in [1.29, 1.82) is 0 Å². The van der Waals surface area contributed by atoms with Crippen LogP contribution in [0.4, 0.5) is 4.39 Å². The van der Waals surface area contributed by atoms with Gasteiger partial charge in [-0.25, -0.2) is 13.8 Å². The fourth-order valence-electron chi connectivity index (χ4n) is 1.65. The maximum absolute atomic E-state index is 13.1. The van der Waals surface area contributed by atoms with E-state index in [1.807, 2.05) is 0 Å². The van der Waals surface area contributed by atoms with Crippen molar-refractivity contribution in [2.75, 3.05) is 7.11 Å². The Kier molecular flexibility index (Phi) is 3.44. The summed E-state index contributed by atoms with van der Waals surface area (Å²) in [6.45, 7) is 1.48. The number of benzene rings is 1. The Labute approximate surface area is 112 Å². The number of hydrogen-bond acceptors (Lipinski definition) is 3. The van der Waals surface area contributed by atoms with Gasteiger partial charge in [-0.3, -0.25) is 9.78 Å². The Morgan fingerprint density at radius 3 is 2.68 bits per heavy atom. The van der Waals surface area contributed by atoms with Gasteiger partial charge in [-0.1, -0.05) is 11.6 Å². The molecule has 2 aromatic rings. The molecule has 0 aliphatic rings. The maximum Gasteiger partial charge on any atom is 0.334 e. The summed E-state index contributed by atoms with van der Waals surface area (Å²) < 4.78 is 18.9. The molecule has 0 unspecified atom stereocenters. The standard InChI is InChI=1S/C12H10ClFN2O3/c1-6-10(13)15-12(18)16(11(6)17)8-4-3-7(14)5-9(8)19-2/h3-5H,1-2H3,(H,15,18). The summed E-state index contributed by atoms with van der Waals surface area (Å²) in [5.41, 5.74) is -0.966. The van der Waals surface area contributed by atoms with Gasteiger partial charge in [0.15, 0.2) is 0 Å². The lowest BCUT2D eigenvalue weighted by Crippen LogP contribution is -2.35. The second kappa shape index (κ2) is 4.89. The van der Waals surface area contributed by atoms with E-state index >= 15 is 0 Å². The fourth-order valence-corrected chi connectivity index (χ4v) is 1.81. The summed E-state index contributed by atoms with van der Waals surface area (Å²) >= 11 is 5.72. The van der Waals surface area contributed by atoms with Crippen molar-refractivity contribution in [3.8, 4) is 11.4 Å². The number of ether oxygens (including phenoxy) is 1. The highest BCUT2D eigenvalue weighted by molar-refractivity contribution is 6.30. The summed E-state index contributed by atoms with van der Waals surface area (Å²) in [5, 5.41) is -0.0210. The van der Waals surface area contributed by atoms with Crippen molar-refractivity contribution in [2.45, 2.75) is 6.92 Å². The fraction of sp³-hybridized carbons (Fsp3) is 0.167. The number of hydrogen-bond donors (Lipinski definition) is 1.